The van der Waals surface area contributed by atoms with Crippen LogP contribution in [0, 0.1) is 11.7 Å². The molecule has 0 radical (unpaired) electrons. The lowest BCUT2D eigenvalue weighted by Gasteiger charge is -2.35. The van der Waals surface area contributed by atoms with Gasteiger partial charge >= 0.3 is 0 Å². The van der Waals surface area contributed by atoms with Crippen molar-refractivity contribution in [3.63, 3.8) is 0 Å². The van der Waals surface area contributed by atoms with Gasteiger partial charge in [0.25, 0.3) is 0 Å². The standard InChI is InChI=1S/C14H18ClFN2O/c1-9-4-3-7-14(17,8-9)13(19)18-12-10(15)5-2-6-11(12)16/h2,5-6,9H,3-4,7-8,17H2,1H3,(H,18,19). The third kappa shape index (κ3) is 3.07. The summed E-state index contributed by atoms with van der Waals surface area (Å²) < 4.78 is 13.6. The molecule has 5 heteroatoms. The van der Waals surface area contributed by atoms with Gasteiger partial charge in [0.05, 0.1) is 16.2 Å². The Hall–Kier alpha value is -1.13. The number of anilines is 1. The van der Waals surface area contributed by atoms with E-state index < -0.39 is 11.4 Å². The molecule has 1 aliphatic carbocycles. The molecule has 3 N–H and O–H groups in total. The van der Waals surface area contributed by atoms with Crippen molar-refractivity contribution < 1.29 is 9.18 Å². The van der Waals surface area contributed by atoms with Crippen LogP contribution in [0.25, 0.3) is 0 Å². The van der Waals surface area contributed by atoms with E-state index >= 15 is 0 Å². The third-order valence-corrected chi connectivity index (χ3v) is 4.00. The summed E-state index contributed by atoms with van der Waals surface area (Å²) >= 11 is 5.89. The molecular weight excluding hydrogens is 267 g/mol. The molecule has 0 spiro atoms. The quantitative estimate of drug-likeness (QED) is 0.875. The second kappa shape index (κ2) is 5.47. The Morgan fingerprint density at radius 2 is 2.32 bits per heavy atom. The largest absolute Gasteiger partial charge is 0.321 e. The van der Waals surface area contributed by atoms with Crippen molar-refractivity contribution in [2.24, 2.45) is 11.7 Å². The zero-order valence-electron chi connectivity index (χ0n) is 10.9. The van der Waals surface area contributed by atoms with Gasteiger partial charge in [0, 0.05) is 0 Å². The topological polar surface area (TPSA) is 55.1 Å². The summed E-state index contributed by atoms with van der Waals surface area (Å²) in [7, 11) is 0. The van der Waals surface area contributed by atoms with Crippen molar-refractivity contribution in [1.82, 2.24) is 0 Å². The summed E-state index contributed by atoms with van der Waals surface area (Å²) in [5.41, 5.74) is 5.25. The van der Waals surface area contributed by atoms with Gasteiger partial charge in [-0.05, 0) is 30.9 Å². The highest BCUT2D eigenvalue weighted by molar-refractivity contribution is 6.33. The summed E-state index contributed by atoms with van der Waals surface area (Å²) in [4.78, 5) is 12.3. The summed E-state index contributed by atoms with van der Waals surface area (Å²) in [6, 6.07) is 4.29. The first kappa shape index (κ1) is 14.3. The van der Waals surface area contributed by atoms with Gasteiger partial charge in [-0.2, -0.15) is 0 Å². The summed E-state index contributed by atoms with van der Waals surface area (Å²) in [6.45, 7) is 2.07. The van der Waals surface area contributed by atoms with Crippen LogP contribution >= 0.6 is 11.6 Å². The van der Waals surface area contributed by atoms with E-state index in [1.165, 1.54) is 18.2 Å². The minimum atomic E-state index is -0.927. The molecule has 0 aromatic heterocycles. The van der Waals surface area contributed by atoms with E-state index in [0.29, 0.717) is 18.8 Å². The first-order chi connectivity index (χ1) is 8.92. The maximum Gasteiger partial charge on any atom is 0.244 e. The van der Waals surface area contributed by atoms with Crippen LogP contribution in [0.5, 0.6) is 0 Å². The zero-order valence-corrected chi connectivity index (χ0v) is 11.6. The fourth-order valence-corrected chi connectivity index (χ4v) is 2.86. The molecule has 2 atom stereocenters. The normalized spacial score (nSPS) is 27.1. The fraction of sp³-hybridized carbons (Fsp3) is 0.500. The van der Waals surface area contributed by atoms with E-state index in [1.807, 2.05) is 0 Å². The van der Waals surface area contributed by atoms with Gasteiger partial charge in [-0.3, -0.25) is 4.79 Å². The predicted octanol–water partition coefficient (Wildman–Crippen LogP) is 3.33. The molecule has 2 unspecified atom stereocenters. The molecule has 0 saturated heterocycles. The smallest absolute Gasteiger partial charge is 0.244 e. The highest BCUT2D eigenvalue weighted by Gasteiger charge is 2.38. The van der Waals surface area contributed by atoms with E-state index in [-0.39, 0.29) is 16.6 Å². The Bertz CT molecular complexity index is 474. The highest BCUT2D eigenvalue weighted by atomic mass is 35.5. The lowest BCUT2D eigenvalue weighted by Crippen LogP contribution is -2.53. The molecule has 1 aromatic rings. The Labute approximate surface area is 117 Å². The molecule has 19 heavy (non-hydrogen) atoms. The van der Waals surface area contributed by atoms with Gasteiger partial charge in [-0.15, -0.1) is 0 Å². The van der Waals surface area contributed by atoms with Gasteiger partial charge < -0.3 is 11.1 Å². The molecule has 1 saturated carbocycles. The number of benzene rings is 1. The Morgan fingerprint density at radius 3 is 2.95 bits per heavy atom. The molecule has 2 rings (SSSR count). The average molecular weight is 285 g/mol. The molecule has 0 aliphatic heterocycles. The maximum absolute atomic E-state index is 13.6. The Morgan fingerprint density at radius 1 is 1.58 bits per heavy atom. The van der Waals surface area contributed by atoms with E-state index in [4.69, 9.17) is 17.3 Å². The van der Waals surface area contributed by atoms with Crippen molar-refractivity contribution in [1.29, 1.82) is 0 Å². The van der Waals surface area contributed by atoms with Crippen molar-refractivity contribution in [2.45, 2.75) is 38.1 Å². The van der Waals surface area contributed by atoms with Gasteiger partial charge in [0.2, 0.25) is 5.91 Å². The van der Waals surface area contributed by atoms with Gasteiger partial charge in [-0.1, -0.05) is 37.4 Å². The average Bonchev–Trinajstić information content (AvgIpc) is 2.33. The lowest BCUT2D eigenvalue weighted by atomic mass is 9.76. The van der Waals surface area contributed by atoms with Gasteiger partial charge in [-0.25, -0.2) is 4.39 Å². The molecule has 0 heterocycles. The number of nitrogens with one attached hydrogen (secondary N) is 1. The highest BCUT2D eigenvalue weighted by Crippen LogP contribution is 2.32. The fourth-order valence-electron chi connectivity index (χ4n) is 2.65. The van der Waals surface area contributed by atoms with Crippen molar-refractivity contribution in [3.05, 3.63) is 29.0 Å². The Kier molecular flexibility index (Phi) is 4.11. The minimum absolute atomic E-state index is 0.0113. The predicted molar refractivity (Wildman–Crippen MR) is 74.6 cm³/mol. The molecule has 1 aromatic carbocycles. The van der Waals surface area contributed by atoms with Crippen molar-refractivity contribution in [3.8, 4) is 0 Å². The third-order valence-electron chi connectivity index (χ3n) is 3.69. The van der Waals surface area contributed by atoms with Crippen LogP contribution in [0.15, 0.2) is 18.2 Å². The van der Waals surface area contributed by atoms with Crippen molar-refractivity contribution >= 4 is 23.2 Å². The van der Waals surface area contributed by atoms with Gasteiger partial charge in [0.1, 0.15) is 5.82 Å². The van der Waals surface area contributed by atoms with Gasteiger partial charge in [0.15, 0.2) is 0 Å². The Balaban J connectivity index is 2.17. The molecule has 1 fully saturated rings. The van der Waals surface area contributed by atoms with Crippen LogP contribution in [0.3, 0.4) is 0 Å². The minimum Gasteiger partial charge on any atom is -0.321 e. The second-order valence-corrected chi connectivity index (χ2v) is 5.82. The first-order valence-electron chi connectivity index (χ1n) is 6.47. The lowest BCUT2D eigenvalue weighted by molar-refractivity contribution is -0.122. The van der Waals surface area contributed by atoms with Crippen LogP contribution in [0.4, 0.5) is 10.1 Å². The van der Waals surface area contributed by atoms with Crippen molar-refractivity contribution in [2.75, 3.05) is 5.32 Å². The zero-order chi connectivity index (χ0) is 14.0. The number of nitrogens with two attached hydrogens (primary N) is 1. The van der Waals surface area contributed by atoms with E-state index in [2.05, 4.69) is 12.2 Å². The molecule has 3 nitrogen and oxygen atoms in total. The summed E-state index contributed by atoms with van der Waals surface area (Å²) in [5, 5.41) is 2.72. The SMILES string of the molecule is CC1CCCC(N)(C(=O)Nc2c(F)cccc2Cl)C1. The summed E-state index contributed by atoms with van der Waals surface area (Å²) in [6.07, 6.45) is 3.23. The number of para-hydroxylation sites is 1. The van der Waals surface area contributed by atoms with Crippen LogP contribution in [-0.4, -0.2) is 11.4 Å². The number of halogens is 2. The number of carbonyl (C=O) groups is 1. The monoisotopic (exact) mass is 284 g/mol. The second-order valence-electron chi connectivity index (χ2n) is 5.41. The molecule has 0 bridgehead atoms. The van der Waals surface area contributed by atoms with E-state index in [1.54, 1.807) is 0 Å². The molecular formula is C14H18ClFN2O. The van der Waals surface area contributed by atoms with E-state index in [9.17, 15) is 9.18 Å². The maximum atomic E-state index is 13.6. The van der Waals surface area contributed by atoms with Crippen LogP contribution in [0.2, 0.25) is 5.02 Å². The molecule has 104 valence electrons. The number of carbonyl (C=O) groups excluding carboxylic acids is 1. The number of hydrogen-bond acceptors (Lipinski definition) is 2. The molecule has 1 aliphatic rings. The van der Waals surface area contributed by atoms with E-state index in [0.717, 1.165) is 12.8 Å². The van der Waals surface area contributed by atoms with Crippen LogP contribution in [-0.2, 0) is 4.79 Å². The number of hydrogen-bond donors (Lipinski definition) is 2. The molecule has 1 amide bonds. The number of amides is 1. The first-order valence-corrected chi connectivity index (χ1v) is 6.84. The van der Waals surface area contributed by atoms with Crippen LogP contribution in [0.1, 0.15) is 32.6 Å². The number of rotatable bonds is 2. The van der Waals surface area contributed by atoms with Crippen LogP contribution < -0.4 is 11.1 Å². The summed E-state index contributed by atoms with van der Waals surface area (Å²) in [5.74, 6) is -0.500.